The number of piperidine rings is 1. The largest absolute Gasteiger partial charge is 0.403 e. The van der Waals surface area contributed by atoms with Gasteiger partial charge in [0.1, 0.15) is 0 Å². The van der Waals surface area contributed by atoms with E-state index < -0.39 is 0 Å². The highest BCUT2D eigenvalue weighted by Gasteiger charge is 2.31. The van der Waals surface area contributed by atoms with Crippen molar-refractivity contribution in [2.24, 2.45) is 0 Å². The normalized spacial score (nSPS) is 22.9. The van der Waals surface area contributed by atoms with E-state index >= 15 is 0 Å². The van der Waals surface area contributed by atoms with E-state index in [1.165, 1.54) is 36.8 Å². The number of anilines is 1. The van der Waals surface area contributed by atoms with Crippen LogP contribution in [-0.4, -0.2) is 51.9 Å². The number of hydrogen-bond acceptors (Lipinski definition) is 5. The highest BCUT2D eigenvalue weighted by Crippen LogP contribution is 2.30. The number of rotatable bonds is 4. The first-order valence-electron chi connectivity index (χ1n) is 9.73. The predicted octanol–water partition coefficient (Wildman–Crippen LogP) is 3.39. The number of nitrogens with zero attached hydrogens (tertiary/aromatic N) is 5. The molecule has 0 N–H and O–H groups in total. The molecule has 6 nitrogen and oxygen atoms in total. The van der Waals surface area contributed by atoms with Gasteiger partial charge in [-0.1, -0.05) is 18.1 Å². The molecule has 3 fully saturated rings. The van der Waals surface area contributed by atoms with Crippen LogP contribution in [0, 0.1) is 0 Å². The first-order valence-corrected chi connectivity index (χ1v) is 9.73. The van der Waals surface area contributed by atoms with Crippen molar-refractivity contribution in [3.63, 3.8) is 0 Å². The van der Waals surface area contributed by atoms with Crippen molar-refractivity contribution in [2.75, 3.05) is 31.1 Å². The molecule has 0 unspecified atom stereocenters. The van der Waals surface area contributed by atoms with Gasteiger partial charge >= 0.3 is 6.01 Å². The van der Waals surface area contributed by atoms with E-state index in [1.54, 1.807) is 0 Å². The Morgan fingerprint density at radius 3 is 2.81 bits per heavy atom. The molecule has 5 heterocycles. The zero-order chi connectivity index (χ0) is 17.5. The van der Waals surface area contributed by atoms with Gasteiger partial charge in [-0.25, -0.2) is 0 Å². The van der Waals surface area contributed by atoms with Crippen LogP contribution in [0.3, 0.4) is 0 Å². The molecule has 0 atom stereocenters. The van der Waals surface area contributed by atoms with Crippen LogP contribution in [0.1, 0.15) is 26.2 Å². The lowest BCUT2D eigenvalue weighted by atomic mass is 10.1. The van der Waals surface area contributed by atoms with Crippen LogP contribution in [-0.2, 0) is 6.54 Å². The van der Waals surface area contributed by atoms with Crippen LogP contribution in [0.15, 0.2) is 34.9 Å². The summed E-state index contributed by atoms with van der Waals surface area (Å²) in [4.78, 5) is 4.85. The summed E-state index contributed by atoms with van der Waals surface area (Å²) in [5.41, 5.74) is 2.22. The molecule has 2 bridgehead atoms. The first-order chi connectivity index (χ1) is 12.8. The highest BCUT2D eigenvalue weighted by atomic mass is 16.4. The molecule has 3 aromatic rings. The van der Waals surface area contributed by atoms with E-state index in [2.05, 4.69) is 62.0 Å². The smallest absolute Gasteiger partial charge is 0.318 e. The van der Waals surface area contributed by atoms with Gasteiger partial charge in [0.05, 0.1) is 0 Å². The fraction of sp³-hybridized carbons (Fsp3) is 0.500. The third-order valence-electron chi connectivity index (χ3n) is 5.80. The number of aryl methyl sites for hydroxylation is 1. The molecule has 2 aromatic heterocycles. The standard InChI is InChI=1S/C20H25N5O/c1-2-8-24-11-5-15-3-4-16(14-18(15)24)19-21-22-20(26-19)25-13-12-23-9-6-17(25)7-10-23/h3-5,11,14,17H,2,6-10,12-13H2,1H3. The molecule has 0 radical (unpaired) electrons. The van der Waals surface area contributed by atoms with E-state index in [1.807, 2.05) is 0 Å². The predicted molar refractivity (Wildman–Crippen MR) is 102 cm³/mol. The quantitative estimate of drug-likeness (QED) is 0.721. The van der Waals surface area contributed by atoms with Crippen molar-refractivity contribution >= 4 is 16.9 Å². The van der Waals surface area contributed by atoms with Gasteiger partial charge in [-0.15, -0.1) is 5.10 Å². The molecule has 0 saturated carbocycles. The van der Waals surface area contributed by atoms with Gasteiger partial charge in [0.2, 0.25) is 5.89 Å². The lowest BCUT2D eigenvalue weighted by Crippen LogP contribution is -2.38. The van der Waals surface area contributed by atoms with E-state index in [0.717, 1.165) is 31.6 Å². The Kier molecular flexibility index (Phi) is 3.93. The molecule has 3 saturated heterocycles. The second kappa shape index (κ2) is 6.43. The van der Waals surface area contributed by atoms with E-state index in [0.29, 0.717) is 17.9 Å². The van der Waals surface area contributed by atoms with Crippen molar-refractivity contribution in [3.8, 4) is 11.5 Å². The summed E-state index contributed by atoms with van der Waals surface area (Å²) >= 11 is 0. The Bertz CT molecular complexity index is 906. The number of aromatic nitrogens is 3. The van der Waals surface area contributed by atoms with Crippen LogP contribution in [0.2, 0.25) is 0 Å². The molecule has 6 rings (SSSR count). The van der Waals surface area contributed by atoms with Gasteiger partial charge < -0.3 is 18.8 Å². The number of benzene rings is 1. The zero-order valence-corrected chi connectivity index (χ0v) is 15.3. The van der Waals surface area contributed by atoms with Gasteiger partial charge in [-0.3, -0.25) is 0 Å². The second-order valence-corrected chi connectivity index (χ2v) is 7.44. The molecule has 0 amide bonds. The lowest BCUT2D eigenvalue weighted by Gasteiger charge is -2.29. The fourth-order valence-corrected chi connectivity index (χ4v) is 4.34. The van der Waals surface area contributed by atoms with Crippen molar-refractivity contribution in [1.82, 2.24) is 19.7 Å². The topological polar surface area (TPSA) is 50.3 Å². The van der Waals surface area contributed by atoms with Crippen molar-refractivity contribution in [1.29, 1.82) is 0 Å². The summed E-state index contributed by atoms with van der Waals surface area (Å²) in [5, 5.41) is 10.00. The van der Waals surface area contributed by atoms with Crippen LogP contribution < -0.4 is 4.90 Å². The lowest BCUT2D eigenvalue weighted by molar-refractivity contribution is 0.249. The molecule has 6 heteroatoms. The minimum Gasteiger partial charge on any atom is -0.403 e. The highest BCUT2D eigenvalue weighted by molar-refractivity contribution is 5.84. The third-order valence-corrected chi connectivity index (χ3v) is 5.80. The van der Waals surface area contributed by atoms with Gasteiger partial charge in [0, 0.05) is 56.0 Å². The molecule has 136 valence electrons. The van der Waals surface area contributed by atoms with E-state index in [-0.39, 0.29) is 0 Å². The van der Waals surface area contributed by atoms with Crippen molar-refractivity contribution in [2.45, 2.75) is 38.8 Å². The van der Waals surface area contributed by atoms with Gasteiger partial charge in [-0.05, 0) is 42.8 Å². The Morgan fingerprint density at radius 2 is 1.96 bits per heavy atom. The Hall–Kier alpha value is -2.34. The fourth-order valence-electron chi connectivity index (χ4n) is 4.34. The van der Waals surface area contributed by atoms with Crippen LogP contribution in [0.4, 0.5) is 6.01 Å². The monoisotopic (exact) mass is 351 g/mol. The SMILES string of the molecule is CCCn1ccc2ccc(-c3nnc(N4CCN5CCC4CC5)o3)cc21. The number of fused-ring (bicyclic) bond motifs is 5. The molecule has 3 aliphatic heterocycles. The maximum Gasteiger partial charge on any atom is 0.318 e. The summed E-state index contributed by atoms with van der Waals surface area (Å²) in [5.74, 6) is 0.616. The van der Waals surface area contributed by atoms with Gasteiger partial charge in [0.15, 0.2) is 0 Å². The minimum absolute atomic E-state index is 0.534. The van der Waals surface area contributed by atoms with Crippen molar-refractivity contribution in [3.05, 3.63) is 30.5 Å². The van der Waals surface area contributed by atoms with Crippen LogP contribution in [0.5, 0.6) is 0 Å². The maximum atomic E-state index is 6.12. The van der Waals surface area contributed by atoms with E-state index in [4.69, 9.17) is 4.42 Å². The third kappa shape index (κ3) is 2.69. The molecular weight excluding hydrogens is 326 g/mol. The molecule has 0 aliphatic carbocycles. The molecule has 0 spiro atoms. The molecule has 26 heavy (non-hydrogen) atoms. The minimum atomic E-state index is 0.534. The van der Waals surface area contributed by atoms with Crippen LogP contribution >= 0.6 is 0 Å². The van der Waals surface area contributed by atoms with Crippen LogP contribution in [0.25, 0.3) is 22.4 Å². The van der Waals surface area contributed by atoms with E-state index in [9.17, 15) is 0 Å². The van der Waals surface area contributed by atoms with Gasteiger partial charge in [-0.2, -0.15) is 0 Å². The van der Waals surface area contributed by atoms with Crippen molar-refractivity contribution < 1.29 is 4.42 Å². The molecule has 1 aromatic carbocycles. The summed E-state index contributed by atoms with van der Waals surface area (Å²) in [6, 6.07) is 9.76. The average Bonchev–Trinajstić information content (AvgIpc) is 3.21. The summed E-state index contributed by atoms with van der Waals surface area (Å²) in [7, 11) is 0. The summed E-state index contributed by atoms with van der Waals surface area (Å²) in [6.45, 7) is 7.66. The summed E-state index contributed by atoms with van der Waals surface area (Å²) in [6.07, 6.45) is 5.65. The zero-order valence-electron chi connectivity index (χ0n) is 15.3. The molecule has 3 aliphatic rings. The Morgan fingerprint density at radius 1 is 1.08 bits per heavy atom. The van der Waals surface area contributed by atoms with Gasteiger partial charge in [0.25, 0.3) is 0 Å². The maximum absolute atomic E-state index is 6.12. The number of hydrogen-bond donors (Lipinski definition) is 0. The average molecular weight is 351 g/mol. The summed E-state index contributed by atoms with van der Waals surface area (Å²) < 4.78 is 8.41. The molecular formula is C20H25N5O. The second-order valence-electron chi connectivity index (χ2n) is 7.44. The Balaban J connectivity index is 1.46. The first kappa shape index (κ1) is 15.9. The Labute approximate surface area is 153 Å².